The molecule has 3 aromatic carbocycles. The molecule has 2 bridgehead atoms. The van der Waals surface area contributed by atoms with E-state index < -0.39 is 0 Å². The molecule has 3 nitrogen and oxygen atoms in total. The van der Waals surface area contributed by atoms with Crippen molar-refractivity contribution in [1.82, 2.24) is 4.90 Å². The van der Waals surface area contributed by atoms with E-state index in [1.807, 2.05) is 6.07 Å². The topological polar surface area (TPSA) is 21.7 Å². The van der Waals surface area contributed by atoms with Crippen LogP contribution in [-0.4, -0.2) is 18.2 Å². The fourth-order valence-corrected chi connectivity index (χ4v) is 5.32. The average Bonchev–Trinajstić information content (AvgIpc) is 3.32. The summed E-state index contributed by atoms with van der Waals surface area (Å²) in [4.78, 5) is 2.65. The SMILES string of the molecule is Cc1cccc(-c2ccc3c(c2)C2CC3CCN2Cc2ccc3c(c2)OCO3)c1. The lowest BCUT2D eigenvalue weighted by Crippen LogP contribution is -2.31. The van der Waals surface area contributed by atoms with E-state index in [2.05, 4.69) is 66.4 Å². The molecular weight excluding hydrogens is 358 g/mol. The van der Waals surface area contributed by atoms with Gasteiger partial charge in [-0.3, -0.25) is 4.90 Å². The van der Waals surface area contributed by atoms with Gasteiger partial charge in [0.05, 0.1) is 0 Å². The Morgan fingerprint density at radius 1 is 0.897 bits per heavy atom. The van der Waals surface area contributed by atoms with Crippen LogP contribution >= 0.6 is 0 Å². The summed E-state index contributed by atoms with van der Waals surface area (Å²) in [6.45, 7) is 4.61. The Balaban J connectivity index is 1.31. The Kier molecular flexibility index (Phi) is 3.91. The van der Waals surface area contributed by atoms with Crippen molar-refractivity contribution in [2.45, 2.75) is 38.3 Å². The maximum atomic E-state index is 5.58. The molecule has 2 atom stereocenters. The number of likely N-dealkylation sites (tertiary alicyclic amines) is 1. The van der Waals surface area contributed by atoms with Crippen molar-refractivity contribution in [3.05, 3.63) is 82.9 Å². The second-order valence-corrected chi connectivity index (χ2v) is 8.61. The van der Waals surface area contributed by atoms with E-state index in [1.165, 1.54) is 40.7 Å². The van der Waals surface area contributed by atoms with Gasteiger partial charge in [0, 0.05) is 12.6 Å². The number of rotatable bonds is 3. The first kappa shape index (κ1) is 17.1. The molecule has 2 aliphatic heterocycles. The summed E-state index contributed by atoms with van der Waals surface area (Å²) in [6.07, 6.45) is 2.50. The van der Waals surface area contributed by atoms with Crippen LogP contribution in [0.15, 0.2) is 60.7 Å². The van der Waals surface area contributed by atoms with Gasteiger partial charge in [-0.25, -0.2) is 0 Å². The fraction of sp³-hybridized carbons (Fsp3) is 0.308. The largest absolute Gasteiger partial charge is 0.454 e. The molecule has 0 aromatic heterocycles. The number of hydrogen-bond acceptors (Lipinski definition) is 3. The van der Waals surface area contributed by atoms with Crippen LogP contribution in [0.3, 0.4) is 0 Å². The number of hydrogen-bond donors (Lipinski definition) is 0. The molecular formula is C26H25NO2. The van der Waals surface area contributed by atoms with Crippen molar-refractivity contribution in [3.8, 4) is 22.6 Å². The second-order valence-electron chi connectivity index (χ2n) is 8.61. The summed E-state index contributed by atoms with van der Waals surface area (Å²) >= 11 is 0. The van der Waals surface area contributed by atoms with Gasteiger partial charge < -0.3 is 9.47 Å². The van der Waals surface area contributed by atoms with Gasteiger partial charge in [0.15, 0.2) is 11.5 Å². The molecule has 0 N–H and O–H groups in total. The molecule has 1 saturated heterocycles. The molecule has 146 valence electrons. The van der Waals surface area contributed by atoms with E-state index in [9.17, 15) is 0 Å². The minimum Gasteiger partial charge on any atom is -0.454 e. The van der Waals surface area contributed by atoms with Crippen LogP contribution in [0.25, 0.3) is 11.1 Å². The quantitative estimate of drug-likeness (QED) is 0.568. The summed E-state index contributed by atoms with van der Waals surface area (Å²) in [5.74, 6) is 2.46. The van der Waals surface area contributed by atoms with Crippen LogP contribution < -0.4 is 9.47 Å². The molecule has 0 saturated carbocycles. The molecule has 3 heteroatoms. The molecule has 1 fully saturated rings. The highest BCUT2D eigenvalue weighted by Gasteiger charge is 2.38. The number of piperidine rings is 1. The predicted octanol–water partition coefficient (Wildman–Crippen LogP) is 5.83. The third-order valence-corrected chi connectivity index (χ3v) is 6.77. The molecule has 0 spiro atoms. The van der Waals surface area contributed by atoms with Crippen LogP contribution in [0.2, 0.25) is 0 Å². The lowest BCUT2D eigenvalue weighted by atomic mass is 9.94. The van der Waals surface area contributed by atoms with E-state index in [-0.39, 0.29) is 0 Å². The van der Waals surface area contributed by atoms with E-state index in [0.717, 1.165) is 30.5 Å². The van der Waals surface area contributed by atoms with Crippen LogP contribution in [0.1, 0.15) is 47.1 Å². The lowest BCUT2D eigenvalue weighted by Gasteiger charge is -2.33. The maximum Gasteiger partial charge on any atom is 0.231 e. The third-order valence-electron chi connectivity index (χ3n) is 6.77. The molecule has 29 heavy (non-hydrogen) atoms. The molecule has 0 amide bonds. The van der Waals surface area contributed by atoms with Gasteiger partial charge >= 0.3 is 0 Å². The Morgan fingerprint density at radius 3 is 2.72 bits per heavy atom. The van der Waals surface area contributed by atoms with Crippen LogP contribution in [0.4, 0.5) is 0 Å². The predicted molar refractivity (Wildman–Crippen MR) is 114 cm³/mol. The van der Waals surface area contributed by atoms with Crippen molar-refractivity contribution in [1.29, 1.82) is 0 Å². The highest BCUT2D eigenvalue weighted by molar-refractivity contribution is 5.66. The number of nitrogens with zero attached hydrogens (tertiary/aromatic N) is 1. The summed E-state index contributed by atoms with van der Waals surface area (Å²) in [5.41, 5.74) is 8.37. The molecule has 3 aromatic rings. The Morgan fingerprint density at radius 2 is 1.79 bits per heavy atom. The summed E-state index contributed by atoms with van der Waals surface area (Å²) in [6, 6.07) is 22.9. The zero-order valence-corrected chi connectivity index (χ0v) is 16.7. The Labute approximate surface area is 171 Å². The summed E-state index contributed by atoms with van der Waals surface area (Å²) < 4.78 is 11.0. The van der Waals surface area contributed by atoms with Crippen molar-refractivity contribution >= 4 is 0 Å². The van der Waals surface area contributed by atoms with E-state index in [4.69, 9.17) is 9.47 Å². The van der Waals surface area contributed by atoms with E-state index >= 15 is 0 Å². The number of aryl methyl sites for hydroxylation is 1. The molecule has 6 rings (SSSR count). The first-order valence-electron chi connectivity index (χ1n) is 10.6. The average molecular weight is 383 g/mol. The smallest absolute Gasteiger partial charge is 0.231 e. The van der Waals surface area contributed by atoms with Crippen LogP contribution in [0, 0.1) is 6.92 Å². The zero-order valence-electron chi connectivity index (χ0n) is 16.7. The number of ether oxygens (including phenoxy) is 2. The standard InChI is InChI=1S/C26H25NO2/c1-17-3-2-4-19(11-17)20-6-7-22-21-9-10-27(24(14-21)23(22)13-20)15-18-5-8-25-26(12-18)29-16-28-25/h2-8,11-13,21,24H,9-10,14-16H2,1H3. The van der Waals surface area contributed by atoms with Crippen LogP contribution in [0.5, 0.6) is 11.5 Å². The zero-order chi connectivity index (χ0) is 19.4. The van der Waals surface area contributed by atoms with Gasteiger partial charge in [-0.05, 0) is 78.2 Å². The van der Waals surface area contributed by atoms with E-state index in [0.29, 0.717) is 12.8 Å². The third kappa shape index (κ3) is 2.92. The van der Waals surface area contributed by atoms with Gasteiger partial charge in [-0.2, -0.15) is 0 Å². The first-order valence-corrected chi connectivity index (χ1v) is 10.6. The van der Waals surface area contributed by atoms with Gasteiger partial charge in [0.25, 0.3) is 0 Å². The highest BCUT2D eigenvalue weighted by atomic mass is 16.7. The number of fused-ring (bicyclic) bond motifs is 6. The molecule has 2 unspecified atom stereocenters. The minimum atomic E-state index is 0.335. The normalized spacial score (nSPS) is 22.0. The van der Waals surface area contributed by atoms with Crippen molar-refractivity contribution < 1.29 is 9.47 Å². The van der Waals surface area contributed by atoms with Gasteiger partial charge in [0.2, 0.25) is 6.79 Å². The van der Waals surface area contributed by atoms with Gasteiger partial charge in [-0.1, -0.05) is 48.0 Å². The van der Waals surface area contributed by atoms with Gasteiger partial charge in [-0.15, -0.1) is 0 Å². The number of benzene rings is 3. The molecule has 0 radical (unpaired) electrons. The van der Waals surface area contributed by atoms with Gasteiger partial charge in [0.1, 0.15) is 0 Å². The second kappa shape index (κ2) is 6.64. The van der Waals surface area contributed by atoms with Crippen molar-refractivity contribution in [3.63, 3.8) is 0 Å². The first-order chi connectivity index (χ1) is 14.2. The molecule has 2 heterocycles. The lowest BCUT2D eigenvalue weighted by molar-refractivity contribution is 0.144. The molecule has 3 aliphatic rings. The monoisotopic (exact) mass is 383 g/mol. The van der Waals surface area contributed by atoms with Crippen molar-refractivity contribution in [2.24, 2.45) is 0 Å². The Hall–Kier alpha value is -2.78. The fourth-order valence-electron chi connectivity index (χ4n) is 5.32. The van der Waals surface area contributed by atoms with Crippen molar-refractivity contribution in [2.75, 3.05) is 13.3 Å². The van der Waals surface area contributed by atoms with Crippen LogP contribution in [-0.2, 0) is 6.54 Å². The highest BCUT2D eigenvalue weighted by Crippen LogP contribution is 2.50. The Bertz CT molecular complexity index is 1090. The molecule has 1 aliphatic carbocycles. The summed E-state index contributed by atoms with van der Waals surface area (Å²) in [7, 11) is 0. The maximum absolute atomic E-state index is 5.58. The minimum absolute atomic E-state index is 0.335. The summed E-state index contributed by atoms with van der Waals surface area (Å²) in [5, 5.41) is 0. The van der Waals surface area contributed by atoms with E-state index in [1.54, 1.807) is 5.56 Å².